The fourth-order valence-electron chi connectivity index (χ4n) is 9.26. The van der Waals surface area contributed by atoms with Crippen molar-refractivity contribution in [3.8, 4) is 0 Å². The number of hydrogen-bond donors (Lipinski definition) is 1. The first kappa shape index (κ1) is 26.0. The molecule has 0 unspecified atom stereocenters. The van der Waals surface area contributed by atoms with Crippen LogP contribution in [0, 0.1) is 23.7 Å². The molecule has 2 aromatic rings. The molecule has 2 aliphatic carbocycles. The average Bonchev–Trinajstić information content (AvgIpc) is 3.41. The van der Waals surface area contributed by atoms with E-state index in [1.807, 2.05) is 24.3 Å². The lowest BCUT2D eigenvalue weighted by molar-refractivity contribution is -0.0364. The summed E-state index contributed by atoms with van der Waals surface area (Å²) in [5.74, 6) is 2.18. The Balaban J connectivity index is 1.26. The largest absolute Gasteiger partial charge is 0.476 e. The molecule has 2 aliphatic heterocycles. The second-order valence-corrected chi connectivity index (χ2v) is 13.4. The van der Waals surface area contributed by atoms with Gasteiger partial charge in [-0.1, -0.05) is 58.1 Å². The van der Waals surface area contributed by atoms with E-state index in [2.05, 4.69) is 23.7 Å². The van der Waals surface area contributed by atoms with Gasteiger partial charge in [0.05, 0.1) is 11.0 Å². The molecule has 38 heavy (non-hydrogen) atoms. The van der Waals surface area contributed by atoms with E-state index in [4.69, 9.17) is 0 Å². The Morgan fingerprint density at radius 3 is 2.05 bits per heavy atom. The topological polar surface area (TPSA) is 75.4 Å². The van der Waals surface area contributed by atoms with E-state index in [0.717, 1.165) is 42.0 Å². The molecule has 206 valence electrons. The standard InChI is InChI=1S/C32H45N3O3/c1-20-14-23(22-8-3-4-9-22)15-21(2)17-26(16-20)34-24-10-7-11-25(34)19-27(18-24)35-29-13-6-5-12-28(29)33-30(31(35)36)32(37)38/h5-6,12-13,20-27H,3-4,7-11,14-19H2,1-2H3,(H,37,38)/t20-,21+,23+,24-,25+,26-,27+. The molecule has 1 aromatic carbocycles. The first-order valence-corrected chi connectivity index (χ1v) is 15.4. The van der Waals surface area contributed by atoms with E-state index in [0.29, 0.717) is 23.6 Å². The highest BCUT2D eigenvalue weighted by Crippen LogP contribution is 2.46. The Hall–Kier alpha value is -2.21. The third kappa shape index (κ3) is 4.94. The van der Waals surface area contributed by atoms with Crippen molar-refractivity contribution in [1.29, 1.82) is 0 Å². The fourth-order valence-corrected chi connectivity index (χ4v) is 9.26. The number of para-hydroxylation sites is 2. The van der Waals surface area contributed by atoms with Gasteiger partial charge in [-0.05, 0) is 87.2 Å². The van der Waals surface area contributed by atoms with Crippen LogP contribution >= 0.6 is 0 Å². The maximum Gasteiger partial charge on any atom is 0.360 e. The van der Waals surface area contributed by atoms with Crippen LogP contribution in [0.4, 0.5) is 0 Å². The van der Waals surface area contributed by atoms with Gasteiger partial charge in [0.25, 0.3) is 5.56 Å². The molecule has 6 heteroatoms. The first-order chi connectivity index (χ1) is 18.4. The number of hydrogen-bond acceptors (Lipinski definition) is 4. The highest BCUT2D eigenvalue weighted by atomic mass is 16.4. The molecule has 4 fully saturated rings. The van der Waals surface area contributed by atoms with Crippen LogP contribution in [0.2, 0.25) is 0 Å². The molecular formula is C32H45N3O3. The summed E-state index contributed by atoms with van der Waals surface area (Å²) in [5, 5.41) is 9.72. The molecule has 7 atom stereocenters. The number of fused-ring (bicyclic) bond motifs is 3. The van der Waals surface area contributed by atoms with Gasteiger partial charge in [0.15, 0.2) is 0 Å². The van der Waals surface area contributed by atoms with E-state index in [9.17, 15) is 14.7 Å². The summed E-state index contributed by atoms with van der Waals surface area (Å²) in [6.45, 7) is 5.01. The number of piperidine rings is 2. The van der Waals surface area contributed by atoms with Gasteiger partial charge in [0.2, 0.25) is 5.69 Å². The normalized spacial score (nSPS) is 35.2. The van der Waals surface area contributed by atoms with E-state index in [-0.39, 0.29) is 11.7 Å². The zero-order chi connectivity index (χ0) is 26.4. The van der Waals surface area contributed by atoms with Crippen molar-refractivity contribution >= 4 is 17.0 Å². The van der Waals surface area contributed by atoms with Crippen molar-refractivity contribution in [3.05, 3.63) is 40.3 Å². The van der Waals surface area contributed by atoms with Crippen LogP contribution < -0.4 is 5.56 Å². The van der Waals surface area contributed by atoms with Crippen molar-refractivity contribution in [1.82, 2.24) is 14.5 Å². The van der Waals surface area contributed by atoms with Crippen LogP contribution in [0.3, 0.4) is 0 Å². The number of aromatic nitrogens is 2. The molecule has 6 nitrogen and oxygen atoms in total. The van der Waals surface area contributed by atoms with Crippen LogP contribution in [-0.2, 0) is 0 Å². The average molecular weight is 520 g/mol. The molecular weight excluding hydrogens is 474 g/mol. The molecule has 2 saturated heterocycles. The molecule has 6 rings (SSSR count). The van der Waals surface area contributed by atoms with Gasteiger partial charge >= 0.3 is 5.97 Å². The molecule has 2 saturated carbocycles. The van der Waals surface area contributed by atoms with Crippen LogP contribution in [-0.4, -0.2) is 43.7 Å². The Morgan fingerprint density at radius 1 is 0.789 bits per heavy atom. The number of nitrogens with zero attached hydrogens (tertiary/aromatic N) is 3. The lowest BCUT2D eigenvalue weighted by Gasteiger charge is -2.54. The van der Waals surface area contributed by atoms with Crippen LogP contribution in [0.1, 0.15) is 114 Å². The van der Waals surface area contributed by atoms with Crippen molar-refractivity contribution in [2.24, 2.45) is 23.7 Å². The third-order valence-corrected chi connectivity index (χ3v) is 10.6. The predicted octanol–water partition coefficient (Wildman–Crippen LogP) is 6.67. The summed E-state index contributed by atoms with van der Waals surface area (Å²) in [6.07, 6.45) is 16.6. The minimum atomic E-state index is -1.24. The molecule has 0 spiro atoms. The van der Waals surface area contributed by atoms with Crippen molar-refractivity contribution in [2.45, 2.75) is 121 Å². The Bertz CT molecular complexity index is 1190. The number of carbonyl (C=O) groups is 1. The van der Waals surface area contributed by atoms with Gasteiger partial charge in [-0.2, -0.15) is 0 Å². The van der Waals surface area contributed by atoms with E-state index >= 15 is 0 Å². The van der Waals surface area contributed by atoms with Gasteiger partial charge in [-0.3, -0.25) is 9.69 Å². The minimum Gasteiger partial charge on any atom is -0.476 e. The fraction of sp³-hybridized carbons (Fsp3) is 0.719. The summed E-state index contributed by atoms with van der Waals surface area (Å²) in [7, 11) is 0. The predicted molar refractivity (Wildman–Crippen MR) is 151 cm³/mol. The maximum absolute atomic E-state index is 13.4. The van der Waals surface area contributed by atoms with Gasteiger partial charge < -0.3 is 9.67 Å². The number of rotatable bonds is 4. The smallest absolute Gasteiger partial charge is 0.360 e. The molecule has 1 N–H and O–H groups in total. The zero-order valence-corrected chi connectivity index (χ0v) is 23.2. The molecule has 0 radical (unpaired) electrons. The van der Waals surface area contributed by atoms with Crippen molar-refractivity contribution in [2.75, 3.05) is 0 Å². The SMILES string of the molecule is C[C@@H]1C[C@H](C2CCCC2)C[C@H](C)C[C@H](N2[C@@H]3CCC[C@H]2C[C@@H](n2c(=O)c(C(=O)O)nc4ccccc42)C3)C1. The van der Waals surface area contributed by atoms with E-state index in [1.54, 1.807) is 4.57 Å². The minimum absolute atomic E-state index is 0.0233. The highest BCUT2D eigenvalue weighted by molar-refractivity contribution is 5.88. The number of carboxylic acids is 1. The van der Waals surface area contributed by atoms with Crippen LogP contribution in [0.5, 0.6) is 0 Å². The third-order valence-electron chi connectivity index (χ3n) is 10.6. The summed E-state index contributed by atoms with van der Waals surface area (Å²) in [4.78, 5) is 32.5. The summed E-state index contributed by atoms with van der Waals surface area (Å²) in [5.41, 5.74) is 0.566. The van der Waals surface area contributed by atoms with Gasteiger partial charge in [0.1, 0.15) is 0 Å². The van der Waals surface area contributed by atoms with E-state index in [1.165, 1.54) is 70.6 Å². The van der Waals surface area contributed by atoms with Gasteiger partial charge in [-0.25, -0.2) is 9.78 Å². The van der Waals surface area contributed by atoms with Gasteiger partial charge in [0, 0.05) is 24.2 Å². The van der Waals surface area contributed by atoms with E-state index < -0.39 is 11.5 Å². The Morgan fingerprint density at radius 2 is 1.42 bits per heavy atom. The van der Waals surface area contributed by atoms with Crippen molar-refractivity contribution < 1.29 is 9.90 Å². The maximum atomic E-state index is 13.4. The monoisotopic (exact) mass is 519 g/mol. The summed E-state index contributed by atoms with van der Waals surface area (Å²) in [6, 6.07) is 9.12. The lowest BCUT2D eigenvalue weighted by Crippen LogP contribution is -2.58. The van der Waals surface area contributed by atoms with Crippen LogP contribution in [0.25, 0.3) is 11.0 Å². The Kier molecular flexibility index (Phi) is 7.36. The first-order valence-electron chi connectivity index (χ1n) is 15.4. The summed E-state index contributed by atoms with van der Waals surface area (Å²) >= 11 is 0. The lowest BCUT2D eigenvalue weighted by atomic mass is 9.71. The quantitative estimate of drug-likeness (QED) is 0.488. The Labute approximate surface area is 226 Å². The second kappa shape index (κ2) is 10.7. The summed E-state index contributed by atoms with van der Waals surface area (Å²) < 4.78 is 1.80. The zero-order valence-electron chi connectivity index (χ0n) is 23.2. The molecule has 4 aliphatic rings. The second-order valence-electron chi connectivity index (χ2n) is 13.4. The molecule has 2 bridgehead atoms. The van der Waals surface area contributed by atoms with Gasteiger partial charge in [-0.15, -0.1) is 0 Å². The highest BCUT2D eigenvalue weighted by Gasteiger charge is 2.44. The molecule has 3 heterocycles. The van der Waals surface area contributed by atoms with Crippen LogP contribution in [0.15, 0.2) is 29.1 Å². The number of aromatic carboxylic acids is 1. The van der Waals surface area contributed by atoms with Crippen molar-refractivity contribution in [3.63, 3.8) is 0 Å². The number of benzene rings is 1. The number of carboxylic acid groups (broad SMARTS) is 1. The molecule has 0 amide bonds. The molecule has 1 aromatic heterocycles.